The van der Waals surface area contributed by atoms with Gasteiger partial charge in [-0.25, -0.2) is 0 Å². The lowest BCUT2D eigenvalue weighted by atomic mass is 10.2. The number of benzene rings is 2. The summed E-state index contributed by atoms with van der Waals surface area (Å²) < 4.78 is 29.1. The lowest BCUT2D eigenvalue weighted by Crippen LogP contribution is -2.09. The van der Waals surface area contributed by atoms with Crippen molar-refractivity contribution in [1.29, 1.82) is 0 Å². The van der Waals surface area contributed by atoms with E-state index in [9.17, 15) is 8.42 Å². The van der Waals surface area contributed by atoms with Crippen LogP contribution in [0.3, 0.4) is 0 Å². The molecule has 0 N–H and O–H groups in total. The molecule has 0 aliphatic carbocycles. The highest BCUT2D eigenvalue weighted by Crippen LogP contribution is 2.26. The normalized spacial score (nSPS) is 11.3. The van der Waals surface area contributed by atoms with Gasteiger partial charge in [0.15, 0.2) is 0 Å². The Bertz CT molecular complexity index is 672. The van der Waals surface area contributed by atoms with Gasteiger partial charge in [-0.15, -0.1) is 0 Å². The van der Waals surface area contributed by atoms with Gasteiger partial charge in [0.1, 0.15) is 10.6 Å². The SMILES string of the molecule is O=S(=O)(Oc1ccc(Cl)c(CBr)c1)c1ccccc1. The van der Waals surface area contributed by atoms with Crippen LogP contribution in [0.4, 0.5) is 0 Å². The lowest BCUT2D eigenvalue weighted by molar-refractivity contribution is 0.486. The van der Waals surface area contributed by atoms with Gasteiger partial charge in [0, 0.05) is 10.4 Å². The molecule has 0 spiro atoms. The van der Waals surface area contributed by atoms with Crippen molar-refractivity contribution in [2.45, 2.75) is 10.2 Å². The fraction of sp³-hybridized carbons (Fsp3) is 0.0769. The number of halogens is 2. The second-order valence-corrected chi connectivity index (χ2v) is 6.25. The summed E-state index contributed by atoms with van der Waals surface area (Å²) in [4.78, 5) is 0.116. The molecule has 0 aliphatic rings. The third-order valence-electron chi connectivity index (χ3n) is 2.40. The standard InChI is InChI=1S/C13H10BrClO3S/c14-9-10-8-11(6-7-13(10)15)18-19(16,17)12-4-2-1-3-5-12/h1-8H,9H2. The van der Waals surface area contributed by atoms with Crippen LogP contribution in [0.5, 0.6) is 5.75 Å². The van der Waals surface area contributed by atoms with E-state index in [-0.39, 0.29) is 10.6 Å². The number of hydrogen-bond acceptors (Lipinski definition) is 3. The zero-order valence-corrected chi connectivity index (χ0v) is 12.9. The summed E-state index contributed by atoms with van der Waals surface area (Å²) >= 11 is 9.23. The van der Waals surface area contributed by atoms with Gasteiger partial charge in [-0.3, -0.25) is 0 Å². The molecule has 0 aliphatic heterocycles. The first-order chi connectivity index (χ1) is 9.03. The molecule has 6 heteroatoms. The predicted molar refractivity (Wildman–Crippen MR) is 78.3 cm³/mol. The molecule has 19 heavy (non-hydrogen) atoms. The van der Waals surface area contributed by atoms with Gasteiger partial charge >= 0.3 is 10.1 Å². The Hall–Kier alpha value is -1.04. The highest BCUT2D eigenvalue weighted by Gasteiger charge is 2.16. The number of alkyl halides is 1. The third-order valence-corrected chi connectivity index (χ3v) is 4.63. The molecular weight excluding hydrogens is 352 g/mol. The van der Waals surface area contributed by atoms with Crippen molar-refractivity contribution in [3.8, 4) is 5.75 Å². The Kier molecular flexibility index (Phi) is 4.50. The largest absolute Gasteiger partial charge is 0.379 e. The number of rotatable bonds is 4. The van der Waals surface area contributed by atoms with Gasteiger partial charge in [0.05, 0.1) is 0 Å². The Balaban J connectivity index is 2.31. The van der Waals surface area contributed by atoms with Crippen molar-refractivity contribution >= 4 is 37.6 Å². The molecule has 0 radical (unpaired) electrons. The van der Waals surface area contributed by atoms with E-state index >= 15 is 0 Å². The zero-order chi connectivity index (χ0) is 13.9. The van der Waals surface area contributed by atoms with E-state index in [1.54, 1.807) is 30.3 Å². The molecular formula is C13H10BrClO3S. The van der Waals surface area contributed by atoms with Crippen LogP contribution in [-0.2, 0) is 15.4 Å². The van der Waals surface area contributed by atoms with Crippen molar-refractivity contribution < 1.29 is 12.6 Å². The van der Waals surface area contributed by atoms with Gasteiger partial charge < -0.3 is 4.18 Å². The Morgan fingerprint density at radius 2 is 1.79 bits per heavy atom. The van der Waals surface area contributed by atoms with Crippen LogP contribution < -0.4 is 4.18 Å². The maximum absolute atomic E-state index is 12.0. The van der Waals surface area contributed by atoms with Crippen LogP contribution in [0.2, 0.25) is 5.02 Å². The van der Waals surface area contributed by atoms with Gasteiger partial charge in [0.25, 0.3) is 0 Å². The molecule has 0 aromatic heterocycles. The molecule has 0 saturated carbocycles. The minimum absolute atomic E-state index is 0.116. The monoisotopic (exact) mass is 360 g/mol. The molecule has 100 valence electrons. The molecule has 0 bridgehead atoms. The Morgan fingerprint density at radius 3 is 2.42 bits per heavy atom. The van der Waals surface area contributed by atoms with Crippen LogP contribution in [0.25, 0.3) is 0 Å². The minimum atomic E-state index is -3.81. The predicted octanol–water partition coefficient (Wildman–Crippen LogP) is 4.00. The maximum Gasteiger partial charge on any atom is 0.339 e. The van der Waals surface area contributed by atoms with Crippen molar-refractivity contribution in [3.63, 3.8) is 0 Å². The van der Waals surface area contributed by atoms with E-state index in [4.69, 9.17) is 15.8 Å². The smallest absolute Gasteiger partial charge is 0.339 e. The first-order valence-electron chi connectivity index (χ1n) is 5.37. The van der Waals surface area contributed by atoms with Crippen LogP contribution in [0.15, 0.2) is 53.4 Å². The van der Waals surface area contributed by atoms with E-state index in [0.717, 1.165) is 5.56 Å². The lowest BCUT2D eigenvalue weighted by Gasteiger charge is -2.08. The first kappa shape index (κ1) is 14.4. The highest BCUT2D eigenvalue weighted by atomic mass is 79.9. The molecule has 0 unspecified atom stereocenters. The second kappa shape index (κ2) is 5.94. The molecule has 2 aromatic carbocycles. The molecule has 3 nitrogen and oxygen atoms in total. The molecule has 2 aromatic rings. The molecule has 0 saturated heterocycles. The summed E-state index contributed by atoms with van der Waals surface area (Å²) in [6.07, 6.45) is 0. The van der Waals surface area contributed by atoms with E-state index in [0.29, 0.717) is 10.4 Å². The third kappa shape index (κ3) is 3.49. The molecule has 0 atom stereocenters. The van der Waals surface area contributed by atoms with Gasteiger partial charge in [-0.2, -0.15) is 8.42 Å². The topological polar surface area (TPSA) is 43.4 Å². The fourth-order valence-corrected chi connectivity index (χ4v) is 3.22. The maximum atomic E-state index is 12.0. The summed E-state index contributed by atoms with van der Waals surface area (Å²) in [5.74, 6) is 0.239. The summed E-state index contributed by atoms with van der Waals surface area (Å²) in [6.45, 7) is 0. The van der Waals surface area contributed by atoms with Crippen molar-refractivity contribution in [1.82, 2.24) is 0 Å². The summed E-state index contributed by atoms with van der Waals surface area (Å²) in [5, 5.41) is 1.08. The van der Waals surface area contributed by atoms with E-state index < -0.39 is 10.1 Å². The summed E-state index contributed by atoms with van der Waals surface area (Å²) in [6, 6.07) is 12.7. The minimum Gasteiger partial charge on any atom is -0.379 e. The average molecular weight is 362 g/mol. The summed E-state index contributed by atoms with van der Waals surface area (Å²) in [5.41, 5.74) is 0.766. The molecule has 0 amide bonds. The van der Waals surface area contributed by atoms with E-state index in [1.807, 2.05) is 0 Å². The average Bonchev–Trinajstić information content (AvgIpc) is 2.42. The van der Waals surface area contributed by atoms with Crippen molar-refractivity contribution in [2.24, 2.45) is 0 Å². The van der Waals surface area contributed by atoms with Crippen LogP contribution in [-0.4, -0.2) is 8.42 Å². The van der Waals surface area contributed by atoms with Crippen LogP contribution in [0.1, 0.15) is 5.56 Å². The van der Waals surface area contributed by atoms with Crippen molar-refractivity contribution in [3.05, 3.63) is 59.1 Å². The molecule has 0 fully saturated rings. The Morgan fingerprint density at radius 1 is 1.11 bits per heavy atom. The van der Waals surface area contributed by atoms with Crippen LogP contribution >= 0.6 is 27.5 Å². The second-order valence-electron chi connectivity index (χ2n) is 3.74. The van der Waals surface area contributed by atoms with E-state index in [1.165, 1.54) is 18.2 Å². The van der Waals surface area contributed by atoms with Gasteiger partial charge in [0.2, 0.25) is 0 Å². The van der Waals surface area contributed by atoms with Crippen LogP contribution in [0, 0.1) is 0 Å². The van der Waals surface area contributed by atoms with Gasteiger partial charge in [-0.1, -0.05) is 45.7 Å². The number of hydrogen-bond donors (Lipinski definition) is 0. The van der Waals surface area contributed by atoms with Crippen molar-refractivity contribution in [2.75, 3.05) is 0 Å². The quantitative estimate of drug-likeness (QED) is 0.610. The Labute approximate surface area is 125 Å². The molecule has 2 rings (SSSR count). The van der Waals surface area contributed by atoms with Gasteiger partial charge in [-0.05, 0) is 35.9 Å². The molecule has 0 heterocycles. The summed E-state index contributed by atoms with van der Waals surface area (Å²) in [7, 11) is -3.81. The first-order valence-corrected chi connectivity index (χ1v) is 8.27. The zero-order valence-electron chi connectivity index (χ0n) is 9.71. The highest BCUT2D eigenvalue weighted by molar-refractivity contribution is 9.08. The van der Waals surface area contributed by atoms with E-state index in [2.05, 4.69) is 15.9 Å². The fourth-order valence-electron chi connectivity index (χ4n) is 1.47.